The zero-order chi connectivity index (χ0) is 11.7. The van der Waals surface area contributed by atoms with Gasteiger partial charge in [0.05, 0.1) is 5.52 Å². The summed E-state index contributed by atoms with van der Waals surface area (Å²) in [6.45, 7) is 9.00. The van der Waals surface area contributed by atoms with Crippen molar-refractivity contribution in [1.82, 2.24) is 4.98 Å². The summed E-state index contributed by atoms with van der Waals surface area (Å²) in [4.78, 5) is 3.97. The summed E-state index contributed by atoms with van der Waals surface area (Å²) in [5, 5.41) is 12.0. The molecule has 83 valence electrons. The SMILES string of the molecule is [C-]#[O+].[C-]#[O+].[Ir].[O-]c1cccc2cccnc12. The molecule has 2 rings (SSSR count). The molecule has 0 amide bonds. The number of hydrogen-bond donors (Lipinski definition) is 0. The molecule has 0 bridgehead atoms. The molecule has 0 spiro atoms. The van der Waals surface area contributed by atoms with Crippen LogP contribution in [0.25, 0.3) is 10.9 Å². The summed E-state index contributed by atoms with van der Waals surface area (Å²) in [6, 6.07) is 8.84. The second-order valence-corrected chi connectivity index (χ2v) is 2.33. The normalized spacial score (nSPS) is 7.25. The summed E-state index contributed by atoms with van der Waals surface area (Å²) in [5.74, 6) is -0.0110. The predicted molar refractivity (Wildman–Crippen MR) is 49.0 cm³/mol. The van der Waals surface area contributed by atoms with Crippen LogP contribution >= 0.6 is 0 Å². The van der Waals surface area contributed by atoms with Crippen LogP contribution in [0.3, 0.4) is 0 Å². The third-order valence-electron chi connectivity index (χ3n) is 1.60. The van der Waals surface area contributed by atoms with Crippen LogP contribution in [0, 0.1) is 13.3 Å². The maximum absolute atomic E-state index is 11.1. The first kappa shape index (κ1) is 17.0. The van der Waals surface area contributed by atoms with Crippen molar-refractivity contribution in [2.75, 3.05) is 0 Å². The summed E-state index contributed by atoms with van der Waals surface area (Å²) in [6.07, 6.45) is 1.63. The van der Waals surface area contributed by atoms with Gasteiger partial charge in [-0.05, 0) is 11.5 Å². The molecule has 16 heavy (non-hydrogen) atoms. The van der Waals surface area contributed by atoms with Gasteiger partial charge >= 0.3 is 22.6 Å². The quantitative estimate of drug-likeness (QED) is 0.500. The van der Waals surface area contributed by atoms with Crippen LogP contribution in [-0.4, -0.2) is 4.98 Å². The summed E-state index contributed by atoms with van der Waals surface area (Å²) >= 11 is 0. The van der Waals surface area contributed by atoms with E-state index in [-0.39, 0.29) is 25.9 Å². The fraction of sp³-hybridized carbons (Fsp3) is 0. The minimum absolute atomic E-state index is 0. The first-order chi connectivity index (χ1) is 7.38. The van der Waals surface area contributed by atoms with Crippen LogP contribution in [0.4, 0.5) is 0 Å². The predicted octanol–water partition coefficient (Wildman–Crippen LogP) is 1.23. The molecule has 0 unspecified atom stereocenters. The van der Waals surface area contributed by atoms with Gasteiger partial charge in [0.2, 0.25) is 0 Å². The van der Waals surface area contributed by atoms with E-state index >= 15 is 0 Å². The van der Waals surface area contributed by atoms with Crippen molar-refractivity contribution in [1.29, 1.82) is 0 Å². The summed E-state index contributed by atoms with van der Waals surface area (Å²) < 4.78 is 15.0. The van der Waals surface area contributed by atoms with Crippen molar-refractivity contribution in [3.8, 4) is 5.75 Å². The zero-order valence-electron chi connectivity index (χ0n) is 7.97. The Labute approximate surface area is 106 Å². The van der Waals surface area contributed by atoms with E-state index in [2.05, 4.69) is 18.3 Å². The maximum Gasteiger partial charge on any atom is 0.0623 e. The van der Waals surface area contributed by atoms with E-state index < -0.39 is 0 Å². The van der Waals surface area contributed by atoms with E-state index in [0.717, 1.165) is 5.39 Å². The molecule has 0 N–H and O–H groups in total. The molecule has 5 heteroatoms. The van der Waals surface area contributed by atoms with Crippen molar-refractivity contribution in [3.63, 3.8) is 0 Å². The van der Waals surface area contributed by atoms with Gasteiger partial charge in [0.25, 0.3) is 0 Å². The molecular formula is C11H6IrNO3-. The Bertz CT molecular complexity index is 457. The molecule has 1 heterocycles. The van der Waals surface area contributed by atoms with Crippen LogP contribution in [0.1, 0.15) is 0 Å². The monoisotopic (exact) mass is 393 g/mol. The first-order valence-corrected chi connectivity index (χ1v) is 3.79. The van der Waals surface area contributed by atoms with Crippen molar-refractivity contribution >= 4 is 10.9 Å². The number of hydrogen-bond acceptors (Lipinski definition) is 2. The Balaban J connectivity index is 0. The molecule has 0 aliphatic carbocycles. The van der Waals surface area contributed by atoms with Crippen molar-refractivity contribution in [3.05, 3.63) is 49.8 Å². The minimum atomic E-state index is -0.0110. The van der Waals surface area contributed by atoms with Crippen molar-refractivity contribution in [2.45, 2.75) is 0 Å². The number of fused-ring (bicyclic) bond motifs is 1. The molecule has 2 aromatic rings. The molecule has 1 aromatic heterocycles. The van der Waals surface area contributed by atoms with Crippen molar-refractivity contribution < 1.29 is 34.5 Å². The molecule has 0 saturated heterocycles. The average molecular weight is 392 g/mol. The molecule has 0 atom stereocenters. The zero-order valence-corrected chi connectivity index (χ0v) is 10.4. The Kier molecular flexibility index (Phi) is 10.7. The molecule has 0 saturated carbocycles. The van der Waals surface area contributed by atoms with E-state index in [1.54, 1.807) is 12.3 Å². The summed E-state index contributed by atoms with van der Waals surface area (Å²) in [5.41, 5.74) is 0.551. The van der Waals surface area contributed by atoms with Gasteiger partial charge in [-0.2, -0.15) is 0 Å². The maximum atomic E-state index is 11.1. The molecule has 0 aliphatic heterocycles. The summed E-state index contributed by atoms with van der Waals surface area (Å²) in [7, 11) is 0. The van der Waals surface area contributed by atoms with E-state index in [9.17, 15) is 5.11 Å². The number of para-hydroxylation sites is 1. The minimum Gasteiger partial charge on any atom is -0.871 e. The second kappa shape index (κ2) is 10.1. The Morgan fingerprint density at radius 1 is 1.00 bits per heavy atom. The Morgan fingerprint density at radius 2 is 1.56 bits per heavy atom. The van der Waals surface area contributed by atoms with Gasteiger partial charge < -0.3 is 5.11 Å². The smallest absolute Gasteiger partial charge is 0.0623 e. The number of pyridine rings is 1. The van der Waals surface area contributed by atoms with E-state index in [1.807, 2.05) is 18.2 Å². The third-order valence-corrected chi connectivity index (χ3v) is 1.60. The Hall–Kier alpha value is -1.44. The van der Waals surface area contributed by atoms with E-state index in [0.29, 0.717) is 5.52 Å². The van der Waals surface area contributed by atoms with Gasteiger partial charge in [-0.25, -0.2) is 0 Å². The molecule has 4 nitrogen and oxygen atoms in total. The largest absolute Gasteiger partial charge is 0.871 e. The molecule has 1 radical (unpaired) electrons. The fourth-order valence-corrected chi connectivity index (χ4v) is 1.08. The van der Waals surface area contributed by atoms with Gasteiger partial charge in [0.1, 0.15) is 0 Å². The second-order valence-electron chi connectivity index (χ2n) is 2.33. The topological polar surface area (TPSA) is 75.8 Å². The number of benzene rings is 1. The van der Waals surface area contributed by atoms with Crippen LogP contribution in [-0.2, 0) is 29.4 Å². The fourth-order valence-electron chi connectivity index (χ4n) is 1.08. The van der Waals surface area contributed by atoms with Gasteiger partial charge in [-0.1, -0.05) is 30.0 Å². The number of rotatable bonds is 0. The van der Waals surface area contributed by atoms with Gasteiger partial charge in [-0.15, -0.1) is 0 Å². The van der Waals surface area contributed by atoms with Crippen LogP contribution in [0.2, 0.25) is 0 Å². The number of nitrogens with zero attached hydrogens (tertiary/aromatic N) is 1. The Morgan fingerprint density at radius 3 is 2.12 bits per heavy atom. The molecule has 1 aromatic carbocycles. The van der Waals surface area contributed by atoms with E-state index in [1.165, 1.54) is 6.07 Å². The third kappa shape index (κ3) is 4.39. The standard InChI is InChI=1S/C9H7NO.2CO.Ir/c11-8-5-1-3-7-4-2-6-10-9(7)8;2*1-2;/h1-6,11H;;;/p-1. The van der Waals surface area contributed by atoms with Crippen LogP contribution in [0.5, 0.6) is 5.75 Å². The van der Waals surface area contributed by atoms with Crippen molar-refractivity contribution in [2.24, 2.45) is 0 Å². The van der Waals surface area contributed by atoms with Gasteiger partial charge in [0.15, 0.2) is 0 Å². The van der Waals surface area contributed by atoms with Gasteiger partial charge in [0, 0.05) is 26.3 Å². The van der Waals surface area contributed by atoms with Crippen LogP contribution in [0.15, 0.2) is 36.5 Å². The molecule has 0 aliphatic rings. The molecule has 0 fully saturated rings. The van der Waals surface area contributed by atoms with Gasteiger partial charge in [-0.3, -0.25) is 4.98 Å². The van der Waals surface area contributed by atoms with Crippen LogP contribution < -0.4 is 5.11 Å². The first-order valence-electron chi connectivity index (χ1n) is 3.79. The molecular weight excluding hydrogens is 386 g/mol. The number of aromatic nitrogens is 1. The van der Waals surface area contributed by atoms with E-state index in [4.69, 9.17) is 9.30 Å². The average Bonchev–Trinajstić information content (AvgIpc) is 2.35.